The van der Waals surface area contributed by atoms with Crippen LogP contribution in [0, 0.1) is 11.6 Å². The molecular formula is C10H8F2N4S. The number of nitrogens with zero attached hydrogens (tertiary/aromatic N) is 2. The molecule has 17 heavy (non-hydrogen) atoms. The molecule has 0 saturated carbocycles. The third-order valence-electron chi connectivity index (χ3n) is 1.92. The van der Waals surface area contributed by atoms with E-state index < -0.39 is 11.6 Å². The van der Waals surface area contributed by atoms with Crippen LogP contribution in [0.15, 0.2) is 28.6 Å². The van der Waals surface area contributed by atoms with Gasteiger partial charge in [0.1, 0.15) is 11.6 Å². The summed E-state index contributed by atoms with van der Waals surface area (Å²) in [7, 11) is 0. The molecule has 0 spiro atoms. The third kappa shape index (κ3) is 2.56. The van der Waals surface area contributed by atoms with E-state index in [9.17, 15) is 8.78 Å². The summed E-state index contributed by atoms with van der Waals surface area (Å²) in [5.41, 5.74) is 11.0. The molecule has 0 saturated heterocycles. The van der Waals surface area contributed by atoms with Crippen LogP contribution in [-0.4, -0.2) is 10.9 Å². The van der Waals surface area contributed by atoms with Crippen LogP contribution in [0.4, 0.5) is 13.9 Å². The molecule has 0 aliphatic heterocycles. The number of aliphatic imine (C=N–C) groups is 1. The van der Waals surface area contributed by atoms with E-state index in [1.165, 1.54) is 17.4 Å². The molecule has 0 atom stereocenters. The van der Waals surface area contributed by atoms with Gasteiger partial charge in [-0.2, -0.15) is 4.99 Å². The maximum atomic E-state index is 13.4. The van der Waals surface area contributed by atoms with E-state index in [0.717, 1.165) is 12.1 Å². The Labute approximate surface area is 99.6 Å². The maximum absolute atomic E-state index is 13.4. The van der Waals surface area contributed by atoms with Crippen molar-refractivity contribution in [2.24, 2.45) is 16.5 Å². The van der Waals surface area contributed by atoms with Gasteiger partial charge in [-0.3, -0.25) is 0 Å². The van der Waals surface area contributed by atoms with E-state index in [2.05, 4.69) is 9.98 Å². The number of hydrogen-bond acceptors (Lipinski definition) is 3. The van der Waals surface area contributed by atoms with Crippen LogP contribution in [0.2, 0.25) is 0 Å². The van der Waals surface area contributed by atoms with Gasteiger partial charge in [0.15, 0.2) is 5.96 Å². The van der Waals surface area contributed by atoms with E-state index in [4.69, 9.17) is 11.5 Å². The van der Waals surface area contributed by atoms with Crippen molar-refractivity contribution in [2.75, 3.05) is 0 Å². The molecule has 0 amide bonds. The summed E-state index contributed by atoms with van der Waals surface area (Å²) >= 11 is 1.17. The lowest BCUT2D eigenvalue weighted by atomic mass is 10.1. The molecule has 1 aromatic heterocycles. The first-order valence-electron chi connectivity index (χ1n) is 4.57. The van der Waals surface area contributed by atoms with Gasteiger partial charge < -0.3 is 11.5 Å². The molecule has 0 fully saturated rings. The number of halogens is 2. The van der Waals surface area contributed by atoms with Crippen LogP contribution >= 0.6 is 11.3 Å². The Kier molecular flexibility index (Phi) is 3.01. The Morgan fingerprint density at radius 3 is 2.71 bits per heavy atom. The van der Waals surface area contributed by atoms with Crippen LogP contribution < -0.4 is 11.5 Å². The first kappa shape index (κ1) is 11.5. The van der Waals surface area contributed by atoms with Crippen LogP contribution in [0.1, 0.15) is 0 Å². The second kappa shape index (κ2) is 4.46. The molecule has 0 bridgehead atoms. The number of thiazole rings is 1. The molecule has 1 aromatic carbocycles. The summed E-state index contributed by atoms with van der Waals surface area (Å²) in [6.45, 7) is 0. The number of aromatic nitrogens is 1. The van der Waals surface area contributed by atoms with Crippen molar-refractivity contribution in [1.82, 2.24) is 4.98 Å². The Balaban J connectivity index is 2.40. The van der Waals surface area contributed by atoms with Crippen molar-refractivity contribution in [3.63, 3.8) is 0 Å². The molecule has 1 heterocycles. The predicted molar refractivity (Wildman–Crippen MR) is 62.9 cm³/mol. The minimum atomic E-state index is -0.674. The van der Waals surface area contributed by atoms with Gasteiger partial charge in [0.25, 0.3) is 0 Å². The molecule has 4 N–H and O–H groups in total. The molecule has 88 valence electrons. The fourth-order valence-corrected chi connectivity index (χ4v) is 1.95. The lowest BCUT2D eigenvalue weighted by Gasteiger charge is -1.98. The highest BCUT2D eigenvalue weighted by molar-refractivity contribution is 7.13. The molecular weight excluding hydrogens is 246 g/mol. The zero-order valence-electron chi connectivity index (χ0n) is 8.52. The molecule has 4 nitrogen and oxygen atoms in total. The van der Waals surface area contributed by atoms with E-state index >= 15 is 0 Å². The van der Waals surface area contributed by atoms with Gasteiger partial charge in [-0.25, -0.2) is 13.8 Å². The van der Waals surface area contributed by atoms with E-state index in [1.54, 1.807) is 5.38 Å². The number of hydrogen-bond donors (Lipinski definition) is 2. The molecule has 7 heteroatoms. The van der Waals surface area contributed by atoms with Crippen LogP contribution in [0.3, 0.4) is 0 Å². The summed E-state index contributed by atoms with van der Waals surface area (Å²) in [4.78, 5) is 7.76. The zero-order chi connectivity index (χ0) is 12.4. The highest BCUT2D eigenvalue weighted by Gasteiger charge is 2.10. The van der Waals surface area contributed by atoms with Crippen molar-refractivity contribution in [3.05, 3.63) is 35.2 Å². The van der Waals surface area contributed by atoms with E-state index in [0.29, 0.717) is 10.8 Å². The first-order valence-corrected chi connectivity index (χ1v) is 5.45. The van der Waals surface area contributed by atoms with Gasteiger partial charge in [0.2, 0.25) is 5.13 Å². The van der Waals surface area contributed by atoms with Gasteiger partial charge in [-0.05, 0) is 12.1 Å². The van der Waals surface area contributed by atoms with E-state index in [-0.39, 0.29) is 11.5 Å². The minimum absolute atomic E-state index is 0.120. The summed E-state index contributed by atoms with van der Waals surface area (Å²) in [6.07, 6.45) is 0. The standard InChI is InChI=1S/C10H8F2N4S/c11-5-1-2-6(7(12)3-5)8-4-17-10(15-8)16-9(13)14/h1-4H,(H4,13,14,15,16). The SMILES string of the molecule is NC(N)=Nc1nc(-c2ccc(F)cc2F)cs1. The van der Waals surface area contributed by atoms with E-state index in [1.807, 2.05) is 0 Å². The van der Waals surface area contributed by atoms with Crippen molar-refractivity contribution in [3.8, 4) is 11.3 Å². The van der Waals surface area contributed by atoms with Gasteiger partial charge in [0, 0.05) is 17.0 Å². The number of nitrogens with two attached hydrogens (primary N) is 2. The summed E-state index contributed by atoms with van der Waals surface area (Å²) < 4.78 is 26.2. The summed E-state index contributed by atoms with van der Waals surface area (Å²) in [5, 5.41) is 1.92. The number of benzene rings is 1. The number of guanidine groups is 1. The van der Waals surface area contributed by atoms with Gasteiger partial charge in [0.05, 0.1) is 5.69 Å². The molecule has 2 aromatic rings. The Hall–Kier alpha value is -2.02. The third-order valence-corrected chi connectivity index (χ3v) is 2.66. The molecule has 0 aliphatic rings. The van der Waals surface area contributed by atoms with Crippen LogP contribution in [0.25, 0.3) is 11.3 Å². The normalized spacial score (nSPS) is 10.2. The van der Waals surface area contributed by atoms with Gasteiger partial charge in [-0.15, -0.1) is 11.3 Å². The first-order chi connectivity index (χ1) is 8.06. The number of rotatable bonds is 2. The highest BCUT2D eigenvalue weighted by atomic mass is 32.1. The average molecular weight is 254 g/mol. The molecule has 2 rings (SSSR count). The van der Waals surface area contributed by atoms with Crippen molar-refractivity contribution in [1.29, 1.82) is 0 Å². The topological polar surface area (TPSA) is 77.3 Å². The molecule has 0 unspecified atom stereocenters. The Bertz CT molecular complexity index is 575. The van der Waals surface area contributed by atoms with Gasteiger partial charge in [-0.1, -0.05) is 0 Å². The average Bonchev–Trinajstić information content (AvgIpc) is 2.65. The lowest BCUT2D eigenvalue weighted by molar-refractivity contribution is 0.585. The summed E-state index contributed by atoms with van der Waals surface area (Å²) in [6, 6.07) is 3.28. The van der Waals surface area contributed by atoms with Crippen molar-refractivity contribution in [2.45, 2.75) is 0 Å². The minimum Gasteiger partial charge on any atom is -0.370 e. The van der Waals surface area contributed by atoms with Gasteiger partial charge >= 0.3 is 0 Å². The Morgan fingerprint density at radius 1 is 1.29 bits per heavy atom. The zero-order valence-corrected chi connectivity index (χ0v) is 9.34. The summed E-state index contributed by atoms with van der Waals surface area (Å²) in [5.74, 6) is -1.43. The lowest BCUT2D eigenvalue weighted by Crippen LogP contribution is -2.21. The Morgan fingerprint density at radius 2 is 2.06 bits per heavy atom. The van der Waals surface area contributed by atoms with Crippen LogP contribution in [0.5, 0.6) is 0 Å². The smallest absolute Gasteiger partial charge is 0.212 e. The predicted octanol–water partition coefficient (Wildman–Crippen LogP) is 1.99. The molecule has 0 aliphatic carbocycles. The second-order valence-electron chi connectivity index (χ2n) is 3.18. The van der Waals surface area contributed by atoms with Crippen molar-refractivity contribution >= 4 is 22.4 Å². The molecule has 0 radical (unpaired) electrons. The maximum Gasteiger partial charge on any atom is 0.212 e. The van der Waals surface area contributed by atoms with Crippen molar-refractivity contribution < 1.29 is 8.78 Å². The highest BCUT2D eigenvalue weighted by Crippen LogP contribution is 2.28. The monoisotopic (exact) mass is 254 g/mol. The quantitative estimate of drug-likeness (QED) is 0.635. The largest absolute Gasteiger partial charge is 0.370 e. The van der Waals surface area contributed by atoms with Crippen LogP contribution in [-0.2, 0) is 0 Å². The fourth-order valence-electron chi connectivity index (χ4n) is 1.25. The second-order valence-corrected chi connectivity index (χ2v) is 4.01. The fraction of sp³-hybridized carbons (Fsp3) is 0.